The van der Waals surface area contributed by atoms with Gasteiger partial charge in [0.25, 0.3) is 0 Å². The lowest BCUT2D eigenvalue weighted by molar-refractivity contribution is 0.320. The number of hydrogen-bond acceptors (Lipinski definition) is 2. The molecule has 0 aromatic heterocycles. The SMILES string of the molecule is CC(/C=N/O)c1ccccc1. The van der Waals surface area contributed by atoms with Crippen molar-refractivity contribution in [3.63, 3.8) is 0 Å². The van der Waals surface area contributed by atoms with Gasteiger partial charge in [-0.2, -0.15) is 0 Å². The maximum absolute atomic E-state index is 8.27. The van der Waals surface area contributed by atoms with E-state index in [0.29, 0.717) is 0 Å². The van der Waals surface area contributed by atoms with Crippen LogP contribution < -0.4 is 0 Å². The molecule has 0 aliphatic rings. The lowest BCUT2D eigenvalue weighted by Gasteiger charge is -2.02. The quantitative estimate of drug-likeness (QED) is 0.390. The first kappa shape index (κ1) is 7.79. The minimum Gasteiger partial charge on any atom is -0.411 e. The second-order valence-corrected chi connectivity index (χ2v) is 2.46. The molecule has 0 saturated carbocycles. The van der Waals surface area contributed by atoms with Gasteiger partial charge in [-0.3, -0.25) is 0 Å². The average Bonchev–Trinajstić information content (AvgIpc) is 2.07. The molecule has 0 fully saturated rings. The maximum atomic E-state index is 8.27. The highest BCUT2D eigenvalue weighted by Gasteiger charge is 1.99. The van der Waals surface area contributed by atoms with Crippen LogP contribution in [0.2, 0.25) is 0 Å². The van der Waals surface area contributed by atoms with E-state index in [2.05, 4.69) is 5.16 Å². The van der Waals surface area contributed by atoms with E-state index < -0.39 is 0 Å². The van der Waals surface area contributed by atoms with E-state index in [0.717, 1.165) is 5.56 Å². The Morgan fingerprint density at radius 1 is 1.36 bits per heavy atom. The van der Waals surface area contributed by atoms with Gasteiger partial charge in [0, 0.05) is 5.92 Å². The summed E-state index contributed by atoms with van der Waals surface area (Å²) in [6.07, 6.45) is 1.51. The summed E-state index contributed by atoms with van der Waals surface area (Å²) in [4.78, 5) is 0. The second-order valence-electron chi connectivity index (χ2n) is 2.46. The predicted molar refractivity (Wildman–Crippen MR) is 45.1 cm³/mol. The molecule has 1 atom stereocenters. The summed E-state index contributed by atoms with van der Waals surface area (Å²) in [6.45, 7) is 1.98. The molecule has 0 aliphatic carbocycles. The van der Waals surface area contributed by atoms with Gasteiger partial charge in [0.15, 0.2) is 0 Å². The fourth-order valence-electron chi connectivity index (χ4n) is 0.943. The van der Waals surface area contributed by atoms with Gasteiger partial charge in [-0.15, -0.1) is 5.16 Å². The summed E-state index contributed by atoms with van der Waals surface area (Å²) in [6, 6.07) is 9.92. The Morgan fingerprint density at radius 2 is 2.00 bits per heavy atom. The molecule has 0 saturated heterocycles. The van der Waals surface area contributed by atoms with Crippen LogP contribution in [0.5, 0.6) is 0 Å². The summed E-state index contributed by atoms with van der Waals surface area (Å²) in [7, 11) is 0. The molecule has 1 aromatic rings. The van der Waals surface area contributed by atoms with Crippen molar-refractivity contribution in [1.82, 2.24) is 0 Å². The number of nitrogens with zero attached hydrogens (tertiary/aromatic N) is 1. The van der Waals surface area contributed by atoms with Crippen LogP contribution in [-0.4, -0.2) is 11.4 Å². The van der Waals surface area contributed by atoms with Crippen LogP contribution >= 0.6 is 0 Å². The zero-order valence-corrected chi connectivity index (χ0v) is 6.44. The second kappa shape index (κ2) is 3.76. The highest BCUT2D eigenvalue weighted by molar-refractivity contribution is 5.66. The standard InChI is InChI=1S/C9H11NO/c1-8(7-10-11)9-5-3-2-4-6-9/h2-8,11H,1H3/b10-7+. The highest BCUT2D eigenvalue weighted by atomic mass is 16.4. The molecule has 1 aromatic carbocycles. The van der Waals surface area contributed by atoms with Crippen molar-refractivity contribution < 1.29 is 5.21 Å². The van der Waals surface area contributed by atoms with E-state index in [9.17, 15) is 0 Å². The Balaban J connectivity index is 2.76. The van der Waals surface area contributed by atoms with E-state index in [-0.39, 0.29) is 5.92 Å². The lowest BCUT2D eigenvalue weighted by atomic mass is 10.0. The summed E-state index contributed by atoms with van der Waals surface area (Å²) in [5.41, 5.74) is 1.16. The fraction of sp³-hybridized carbons (Fsp3) is 0.222. The number of rotatable bonds is 2. The normalized spacial score (nSPS) is 13.5. The van der Waals surface area contributed by atoms with Gasteiger partial charge in [0.2, 0.25) is 0 Å². The predicted octanol–water partition coefficient (Wildman–Crippen LogP) is 2.25. The van der Waals surface area contributed by atoms with Gasteiger partial charge in [-0.25, -0.2) is 0 Å². The zero-order valence-electron chi connectivity index (χ0n) is 6.44. The third kappa shape index (κ3) is 2.08. The summed E-state index contributed by atoms with van der Waals surface area (Å²) in [5.74, 6) is 0.182. The molecule has 0 aliphatic heterocycles. The largest absolute Gasteiger partial charge is 0.411 e. The molecule has 2 heteroatoms. The van der Waals surface area contributed by atoms with Crippen LogP contribution in [0.3, 0.4) is 0 Å². The Labute approximate surface area is 66.2 Å². The van der Waals surface area contributed by atoms with Crippen LogP contribution in [0, 0.1) is 0 Å². The topological polar surface area (TPSA) is 32.6 Å². The Hall–Kier alpha value is -1.31. The molecule has 0 heterocycles. The van der Waals surface area contributed by atoms with Gasteiger partial charge in [-0.1, -0.05) is 37.3 Å². The van der Waals surface area contributed by atoms with E-state index in [1.54, 1.807) is 0 Å². The van der Waals surface area contributed by atoms with E-state index in [4.69, 9.17) is 5.21 Å². The highest BCUT2D eigenvalue weighted by Crippen LogP contribution is 2.11. The minimum absolute atomic E-state index is 0.182. The Morgan fingerprint density at radius 3 is 2.55 bits per heavy atom. The van der Waals surface area contributed by atoms with Crippen molar-refractivity contribution in [2.75, 3.05) is 0 Å². The van der Waals surface area contributed by atoms with E-state index >= 15 is 0 Å². The smallest absolute Gasteiger partial charge is 0.0507 e. The van der Waals surface area contributed by atoms with Crippen molar-refractivity contribution in [3.05, 3.63) is 35.9 Å². The van der Waals surface area contributed by atoms with Crippen LogP contribution in [0.4, 0.5) is 0 Å². The molecule has 1 N–H and O–H groups in total. The van der Waals surface area contributed by atoms with Crippen molar-refractivity contribution in [3.8, 4) is 0 Å². The minimum atomic E-state index is 0.182. The summed E-state index contributed by atoms with van der Waals surface area (Å²) >= 11 is 0. The van der Waals surface area contributed by atoms with Crippen molar-refractivity contribution in [1.29, 1.82) is 0 Å². The van der Waals surface area contributed by atoms with Gasteiger partial charge in [0.1, 0.15) is 0 Å². The molecular formula is C9H11NO. The van der Waals surface area contributed by atoms with Crippen LogP contribution in [0.15, 0.2) is 35.5 Å². The van der Waals surface area contributed by atoms with Gasteiger partial charge >= 0.3 is 0 Å². The number of benzene rings is 1. The Bertz CT molecular complexity index is 231. The van der Waals surface area contributed by atoms with Gasteiger partial charge < -0.3 is 5.21 Å². The first-order valence-corrected chi connectivity index (χ1v) is 3.57. The summed E-state index contributed by atoms with van der Waals surface area (Å²) < 4.78 is 0. The molecule has 0 radical (unpaired) electrons. The molecule has 0 bridgehead atoms. The third-order valence-electron chi connectivity index (χ3n) is 1.62. The molecule has 58 valence electrons. The fourth-order valence-corrected chi connectivity index (χ4v) is 0.943. The van der Waals surface area contributed by atoms with Crippen LogP contribution in [0.25, 0.3) is 0 Å². The number of oxime groups is 1. The summed E-state index contributed by atoms with van der Waals surface area (Å²) in [5, 5.41) is 11.3. The molecule has 1 unspecified atom stereocenters. The van der Waals surface area contributed by atoms with Crippen molar-refractivity contribution in [2.45, 2.75) is 12.8 Å². The third-order valence-corrected chi connectivity index (χ3v) is 1.62. The lowest BCUT2D eigenvalue weighted by Crippen LogP contribution is -1.93. The first-order valence-electron chi connectivity index (χ1n) is 3.57. The Kier molecular flexibility index (Phi) is 2.66. The zero-order chi connectivity index (χ0) is 8.10. The van der Waals surface area contributed by atoms with Crippen molar-refractivity contribution in [2.24, 2.45) is 5.16 Å². The van der Waals surface area contributed by atoms with E-state index in [1.165, 1.54) is 6.21 Å². The molecule has 11 heavy (non-hydrogen) atoms. The van der Waals surface area contributed by atoms with E-state index in [1.807, 2.05) is 37.3 Å². The maximum Gasteiger partial charge on any atom is 0.0507 e. The van der Waals surface area contributed by atoms with Crippen LogP contribution in [0.1, 0.15) is 18.4 Å². The van der Waals surface area contributed by atoms with Crippen LogP contribution in [-0.2, 0) is 0 Å². The molecular weight excluding hydrogens is 138 g/mol. The molecule has 2 nitrogen and oxygen atoms in total. The molecule has 0 spiro atoms. The van der Waals surface area contributed by atoms with Crippen molar-refractivity contribution >= 4 is 6.21 Å². The molecule has 1 rings (SSSR count). The van der Waals surface area contributed by atoms with Gasteiger partial charge in [0.05, 0.1) is 6.21 Å². The monoisotopic (exact) mass is 149 g/mol. The number of hydrogen-bond donors (Lipinski definition) is 1. The van der Waals surface area contributed by atoms with Gasteiger partial charge in [-0.05, 0) is 5.56 Å². The average molecular weight is 149 g/mol. The first-order chi connectivity index (χ1) is 5.34. The molecule has 0 amide bonds.